The van der Waals surface area contributed by atoms with Crippen molar-refractivity contribution in [1.29, 1.82) is 0 Å². The quantitative estimate of drug-likeness (QED) is 0.316. The maximum Gasteiger partial charge on any atom is 0.408 e. The molecule has 0 bridgehead atoms. The van der Waals surface area contributed by atoms with Crippen LogP contribution in [0.15, 0.2) is 54.6 Å². The van der Waals surface area contributed by atoms with Gasteiger partial charge in [-0.15, -0.1) is 0 Å². The van der Waals surface area contributed by atoms with Crippen LogP contribution in [0.3, 0.4) is 0 Å². The molecule has 0 aliphatic heterocycles. The lowest BCUT2D eigenvalue weighted by Crippen LogP contribution is -2.52. The standard InChI is InChI=1S/C32H41N3O6/c1-31(2,3)20-26(35-30(39)41-32(4,5)6)28(37)33-21-27(36)34-25(29(38)40-7)19-24-17-15-23(16-18-24)14-13-22-11-9-8-10-12-22/h8-12,15-18,25-26H,19-21H2,1-7H3,(H,33,37)(H,34,36)(H,35,39)/t25-,26+/m0/s1. The van der Waals surface area contributed by atoms with Gasteiger partial charge in [-0.2, -0.15) is 0 Å². The van der Waals surface area contributed by atoms with Crippen molar-refractivity contribution < 1.29 is 28.7 Å². The van der Waals surface area contributed by atoms with Crippen LogP contribution in [0.4, 0.5) is 4.79 Å². The zero-order valence-corrected chi connectivity index (χ0v) is 24.9. The predicted octanol–water partition coefficient (Wildman–Crippen LogP) is 3.73. The van der Waals surface area contributed by atoms with Gasteiger partial charge < -0.3 is 25.4 Å². The number of nitrogens with one attached hydrogen (secondary N) is 3. The summed E-state index contributed by atoms with van der Waals surface area (Å²) in [6, 6.07) is 15.1. The minimum Gasteiger partial charge on any atom is -0.467 e. The topological polar surface area (TPSA) is 123 Å². The minimum atomic E-state index is -0.962. The van der Waals surface area contributed by atoms with Crippen molar-refractivity contribution in [2.24, 2.45) is 5.41 Å². The van der Waals surface area contributed by atoms with Gasteiger partial charge in [-0.25, -0.2) is 9.59 Å². The average Bonchev–Trinajstić information content (AvgIpc) is 2.88. The SMILES string of the molecule is COC(=O)[C@H](Cc1ccc(C#Cc2ccccc2)cc1)NC(=O)CNC(=O)[C@@H](CC(C)(C)C)NC(=O)OC(C)(C)C. The summed E-state index contributed by atoms with van der Waals surface area (Å²) in [5.41, 5.74) is 1.48. The van der Waals surface area contributed by atoms with E-state index in [4.69, 9.17) is 9.47 Å². The molecule has 2 atom stereocenters. The Balaban J connectivity index is 2.00. The molecule has 0 fully saturated rings. The maximum absolute atomic E-state index is 12.9. The number of benzene rings is 2. The fourth-order valence-electron chi connectivity index (χ4n) is 3.77. The molecule has 220 valence electrons. The van der Waals surface area contributed by atoms with Crippen LogP contribution >= 0.6 is 0 Å². The van der Waals surface area contributed by atoms with E-state index in [-0.39, 0.29) is 11.8 Å². The monoisotopic (exact) mass is 563 g/mol. The molecule has 0 aliphatic rings. The molecule has 3 amide bonds. The van der Waals surface area contributed by atoms with Crippen molar-refractivity contribution in [2.45, 2.75) is 72.1 Å². The number of amides is 3. The Morgan fingerprint density at radius 1 is 0.805 bits per heavy atom. The first-order valence-electron chi connectivity index (χ1n) is 13.5. The second kappa shape index (κ2) is 14.9. The Bertz CT molecular complexity index is 1250. The van der Waals surface area contributed by atoms with E-state index < -0.39 is 48.1 Å². The number of alkyl carbamates (subject to hydrolysis) is 1. The highest BCUT2D eigenvalue weighted by Gasteiger charge is 2.29. The molecule has 9 heteroatoms. The molecule has 0 saturated heterocycles. The number of carbonyl (C=O) groups excluding carboxylic acids is 4. The average molecular weight is 564 g/mol. The lowest BCUT2D eigenvalue weighted by atomic mass is 9.88. The summed E-state index contributed by atoms with van der Waals surface area (Å²) in [5, 5.41) is 7.76. The molecule has 2 aromatic rings. The first kappa shape index (κ1) is 32.9. The van der Waals surface area contributed by atoms with Crippen LogP contribution in [0.5, 0.6) is 0 Å². The third-order valence-corrected chi connectivity index (χ3v) is 5.59. The number of hydrogen-bond donors (Lipinski definition) is 3. The van der Waals surface area contributed by atoms with Gasteiger partial charge in [0.2, 0.25) is 11.8 Å². The smallest absolute Gasteiger partial charge is 0.408 e. The molecule has 0 saturated carbocycles. The molecule has 0 spiro atoms. The van der Waals surface area contributed by atoms with E-state index >= 15 is 0 Å². The van der Waals surface area contributed by atoms with Crippen molar-refractivity contribution >= 4 is 23.9 Å². The number of ether oxygens (including phenoxy) is 2. The fourth-order valence-corrected chi connectivity index (χ4v) is 3.77. The highest BCUT2D eigenvalue weighted by atomic mass is 16.6. The van der Waals surface area contributed by atoms with Crippen LogP contribution in [-0.2, 0) is 30.3 Å². The van der Waals surface area contributed by atoms with Crippen molar-refractivity contribution in [1.82, 2.24) is 16.0 Å². The Morgan fingerprint density at radius 2 is 1.39 bits per heavy atom. The van der Waals surface area contributed by atoms with Gasteiger partial charge in [-0.3, -0.25) is 9.59 Å². The second-order valence-electron chi connectivity index (χ2n) is 11.8. The van der Waals surface area contributed by atoms with Crippen molar-refractivity contribution in [3.05, 3.63) is 71.3 Å². The van der Waals surface area contributed by atoms with Crippen LogP contribution in [0.1, 0.15) is 64.7 Å². The van der Waals surface area contributed by atoms with Gasteiger partial charge in [0.05, 0.1) is 13.7 Å². The van der Waals surface area contributed by atoms with Gasteiger partial charge in [0, 0.05) is 17.5 Å². The van der Waals surface area contributed by atoms with Gasteiger partial charge in [-0.05, 0) is 62.4 Å². The number of esters is 1. The molecule has 9 nitrogen and oxygen atoms in total. The lowest BCUT2D eigenvalue weighted by Gasteiger charge is -2.27. The maximum atomic E-state index is 12.9. The van der Waals surface area contributed by atoms with Crippen LogP contribution < -0.4 is 16.0 Å². The molecule has 0 radical (unpaired) electrons. The number of methoxy groups -OCH3 is 1. The summed E-state index contributed by atoms with van der Waals surface area (Å²) in [6.07, 6.45) is -0.226. The molecule has 0 unspecified atom stereocenters. The molecule has 0 aliphatic carbocycles. The largest absolute Gasteiger partial charge is 0.467 e. The summed E-state index contributed by atoms with van der Waals surface area (Å²) >= 11 is 0. The van der Waals surface area contributed by atoms with Gasteiger partial charge in [0.15, 0.2) is 0 Å². The molecule has 0 aromatic heterocycles. The predicted molar refractivity (Wildman–Crippen MR) is 157 cm³/mol. The highest BCUT2D eigenvalue weighted by molar-refractivity contribution is 5.91. The Hall–Kier alpha value is -4.32. The van der Waals surface area contributed by atoms with Gasteiger partial charge in [-0.1, -0.05) is 62.9 Å². The molecular formula is C32H41N3O6. The Kier molecular flexibility index (Phi) is 11.9. The molecule has 2 rings (SSSR count). The summed E-state index contributed by atoms with van der Waals surface area (Å²) < 4.78 is 10.2. The number of carbonyl (C=O) groups is 4. The lowest BCUT2D eigenvalue weighted by molar-refractivity contribution is -0.145. The van der Waals surface area contributed by atoms with Crippen molar-refractivity contribution in [3.8, 4) is 11.8 Å². The van der Waals surface area contributed by atoms with E-state index in [2.05, 4.69) is 27.8 Å². The Labute approximate surface area is 242 Å². The fraction of sp³-hybridized carbons (Fsp3) is 0.438. The first-order valence-corrected chi connectivity index (χ1v) is 13.5. The molecule has 3 N–H and O–H groups in total. The van der Waals surface area contributed by atoms with E-state index in [1.165, 1.54) is 7.11 Å². The van der Waals surface area contributed by atoms with Crippen LogP contribution in [0, 0.1) is 17.3 Å². The van der Waals surface area contributed by atoms with Gasteiger partial charge in [0.1, 0.15) is 17.7 Å². The van der Waals surface area contributed by atoms with Crippen molar-refractivity contribution in [2.75, 3.05) is 13.7 Å². The number of hydrogen-bond acceptors (Lipinski definition) is 6. The summed E-state index contributed by atoms with van der Waals surface area (Å²) in [4.78, 5) is 50.3. The zero-order chi connectivity index (χ0) is 30.6. The molecular weight excluding hydrogens is 522 g/mol. The third kappa shape index (κ3) is 13.1. The summed E-state index contributed by atoms with van der Waals surface area (Å²) in [7, 11) is 1.24. The summed E-state index contributed by atoms with van der Waals surface area (Å²) in [6.45, 7) is 10.6. The van der Waals surface area contributed by atoms with Crippen LogP contribution in [0.2, 0.25) is 0 Å². The number of rotatable bonds is 9. The first-order chi connectivity index (χ1) is 19.1. The normalized spacial score (nSPS) is 12.6. The summed E-state index contributed by atoms with van der Waals surface area (Å²) in [5.74, 6) is 4.45. The second-order valence-corrected chi connectivity index (χ2v) is 11.8. The molecule has 2 aromatic carbocycles. The van der Waals surface area contributed by atoms with E-state index in [9.17, 15) is 19.2 Å². The van der Waals surface area contributed by atoms with Crippen LogP contribution in [0.25, 0.3) is 0 Å². The Morgan fingerprint density at radius 3 is 1.93 bits per heavy atom. The highest BCUT2D eigenvalue weighted by Crippen LogP contribution is 2.21. The van der Waals surface area contributed by atoms with Gasteiger partial charge in [0.25, 0.3) is 0 Å². The van der Waals surface area contributed by atoms with E-state index in [0.29, 0.717) is 6.42 Å². The molecule has 0 heterocycles. The van der Waals surface area contributed by atoms with Crippen molar-refractivity contribution in [3.63, 3.8) is 0 Å². The van der Waals surface area contributed by atoms with Crippen LogP contribution in [-0.4, -0.2) is 55.2 Å². The minimum absolute atomic E-state index is 0.186. The van der Waals surface area contributed by atoms with E-state index in [1.807, 2.05) is 75.4 Å². The van der Waals surface area contributed by atoms with E-state index in [1.54, 1.807) is 20.8 Å². The zero-order valence-electron chi connectivity index (χ0n) is 24.9. The van der Waals surface area contributed by atoms with Gasteiger partial charge >= 0.3 is 12.1 Å². The molecule has 41 heavy (non-hydrogen) atoms. The third-order valence-electron chi connectivity index (χ3n) is 5.59. The van der Waals surface area contributed by atoms with E-state index in [0.717, 1.165) is 16.7 Å².